The molecule has 0 radical (unpaired) electrons. The largest absolute Gasteiger partial charge is 0.446 e. The molecule has 104 valence electrons. The standard InChI is InChI=1S/C16H17NO3/c1-3-4-8-12(2)15(18)17-14(11-20-16(17)19)13-9-6-5-7-10-13/h3,5-10,12,14H,11H2,1-2H3/t4?,12-,14-/m0/s1. The Labute approximate surface area is 118 Å². The topological polar surface area (TPSA) is 46.6 Å². The summed E-state index contributed by atoms with van der Waals surface area (Å²) in [5.41, 5.74) is 3.77. The van der Waals surface area contributed by atoms with Crippen molar-refractivity contribution in [2.45, 2.75) is 19.9 Å². The van der Waals surface area contributed by atoms with Gasteiger partial charge in [-0.25, -0.2) is 9.69 Å². The summed E-state index contributed by atoms with van der Waals surface area (Å²) in [5.74, 6) is -0.682. The SMILES string of the molecule is CC=C=C[C@H](C)C(=O)N1C(=O)OC[C@H]1c1ccccc1. The van der Waals surface area contributed by atoms with Gasteiger partial charge in [-0.15, -0.1) is 5.73 Å². The highest BCUT2D eigenvalue weighted by Gasteiger charge is 2.39. The average molecular weight is 271 g/mol. The molecule has 1 heterocycles. The second-order valence-corrected chi connectivity index (χ2v) is 4.62. The zero-order chi connectivity index (χ0) is 14.5. The van der Waals surface area contributed by atoms with Crippen molar-refractivity contribution in [3.05, 3.63) is 53.8 Å². The van der Waals surface area contributed by atoms with Crippen LogP contribution in [0.15, 0.2) is 48.2 Å². The van der Waals surface area contributed by atoms with E-state index in [2.05, 4.69) is 5.73 Å². The molecule has 0 unspecified atom stereocenters. The van der Waals surface area contributed by atoms with Crippen molar-refractivity contribution in [2.24, 2.45) is 5.92 Å². The lowest BCUT2D eigenvalue weighted by molar-refractivity contribution is -0.131. The predicted octanol–water partition coefficient (Wildman–Crippen LogP) is 3.07. The molecule has 1 aromatic carbocycles. The van der Waals surface area contributed by atoms with E-state index in [-0.39, 0.29) is 18.6 Å². The van der Waals surface area contributed by atoms with Gasteiger partial charge in [0.25, 0.3) is 0 Å². The lowest BCUT2D eigenvalue weighted by atomic mass is 10.0. The van der Waals surface area contributed by atoms with Gasteiger partial charge in [-0.2, -0.15) is 0 Å². The first-order chi connectivity index (χ1) is 9.65. The summed E-state index contributed by atoms with van der Waals surface area (Å²) in [4.78, 5) is 25.4. The number of carbonyl (C=O) groups excluding carboxylic acids is 2. The van der Waals surface area contributed by atoms with Crippen molar-refractivity contribution in [2.75, 3.05) is 6.61 Å². The summed E-state index contributed by atoms with van der Waals surface area (Å²) in [6.07, 6.45) is 2.79. The maximum Gasteiger partial charge on any atom is 0.417 e. The zero-order valence-corrected chi connectivity index (χ0v) is 11.6. The Morgan fingerprint density at radius 2 is 2.15 bits per heavy atom. The maximum absolute atomic E-state index is 12.4. The molecule has 1 fully saturated rings. The smallest absolute Gasteiger partial charge is 0.417 e. The Morgan fingerprint density at radius 1 is 1.45 bits per heavy atom. The summed E-state index contributed by atoms with van der Waals surface area (Å²) in [6, 6.07) is 9.08. The van der Waals surface area contributed by atoms with Crippen molar-refractivity contribution in [3.63, 3.8) is 0 Å². The number of carbonyl (C=O) groups is 2. The summed E-state index contributed by atoms with van der Waals surface area (Å²) >= 11 is 0. The zero-order valence-electron chi connectivity index (χ0n) is 11.6. The number of nitrogens with zero attached hydrogens (tertiary/aromatic N) is 1. The molecule has 0 N–H and O–H groups in total. The third-order valence-corrected chi connectivity index (χ3v) is 3.20. The van der Waals surface area contributed by atoms with Gasteiger partial charge in [0, 0.05) is 0 Å². The van der Waals surface area contributed by atoms with E-state index >= 15 is 0 Å². The third kappa shape index (κ3) is 2.81. The molecule has 4 nitrogen and oxygen atoms in total. The average Bonchev–Trinajstić information content (AvgIpc) is 2.86. The van der Waals surface area contributed by atoms with Gasteiger partial charge in [0.2, 0.25) is 5.91 Å². The van der Waals surface area contributed by atoms with Gasteiger partial charge < -0.3 is 4.74 Å². The highest BCUT2D eigenvalue weighted by Crippen LogP contribution is 2.29. The molecule has 1 aliphatic rings. The lowest BCUT2D eigenvalue weighted by Crippen LogP contribution is -2.37. The van der Waals surface area contributed by atoms with Gasteiger partial charge in [-0.1, -0.05) is 30.3 Å². The number of ether oxygens (including phenoxy) is 1. The van der Waals surface area contributed by atoms with Crippen molar-refractivity contribution in [3.8, 4) is 0 Å². The first kappa shape index (κ1) is 14.1. The highest BCUT2D eigenvalue weighted by molar-refractivity contribution is 5.95. The molecule has 2 amide bonds. The molecule has 20 heavy (non-hydrogen) atoms. The Morgan fingerprint density at radius 3 is 2.80 bits per heavy atom. The third-order valence-electron chi connectivity index (χ3n) is 3.20. The predicted molar refractivity (Wildman–Crippen MR) is 74.9 cm³/mol. The van der Waals surface area contributed by atoms with Crippen LogP contribution < -0.4 is 0 Å². The molecule has 2 rings (SSSR count). The minimum atomic E-state index is -0.579. The molecule has 0 aromatic heterocycles. The number of rotatable bonds is 3. The number of hydrogen-bond acceptors (Lipinski definition) is 3. The van der Waals surface area contributed by atoms with Crippen LogP contribution in [0.1, 0.15) is 25.5 Å². The van der Waals surface area contributed by atoms with Gasteiger partial charge in [-0.3, -0.25) is 4.79 Å². The monoisotopic (exact) mass is 271 g/mol. The van der Waals surface area contributed by atoms with E-state index in [1.165, 1.54) is 4.90 Å². The fourth-order valence-corrected chi connectivity index (χ4v) is 2.12. The van der Waals surface area contributed by atoms with E-state index in [1.807, 2.05) is 37.3 Å². The fraction of sp³-hybridized carbons (Fsp3) is 0.312. The molecule has 1 aromatic rings. The van der Waals surface area contributed by atoms with Crippen LogP contribution in [0.5, 0.6) is 0 Å². The number of hydrogen-bond donors (Lipinski definition) is 0. The second kappa shape index (κ2) is 6.22. The van der Waals surface area contributed by atoms with Crippen LogP contribution in [-0.4, -0.2) is 23.5 Å². The van der Waals surface area contributed by atoms with E-state index in [0.717, 1.165) is 5.56 Å². The molecular formula is C16H17NO3. The Hall–Kier alpha value is -2.32. The number of imide groups is 1. The first-order valence-electron chi connectivity index (χ1n) is 6.57. The maximum atomic E-state index is 12.4. The van der Waals surface area contributed by atoms with Gasteiger partial charge in [-0.05, 0) is 31.6 Å². The van der Waals surface area contributed by atoms with Crippen LogP contribution in [0, 0.1) is 5.92 Å². The minimum absolute atomic E-state index is 0.203. The lowest BCUT2D eigenvalue weighted by Gasteiger charge is -2.21. The first-order valence-corrected chi connectivity index (χ1v) is 6.57. The number of amides is 2. The fourth-order valence-electron chi connectivity index (χ4n) is 2.12. The molecule has 0 bridgehead atoms. The normalized spacial score (nSPS) is 19.0. The van der Waals surface area contributed by atoms with Crippen molar-refractivity contribution in [1.29, 1.82) is 0 Å². The highest BCUT2D eigenvalue weighted by atomic mass is 16.6. The summed E-state index contributed by atoms with van der Waals surface area (Å²) in [5, 5.41) is 0. The Balaban J connectivity index is 2.25. The van der Waals surface area contributed by atoms with Crippen molar-refractivity contribution >= 4 is 12.0 Å². The molecule has 1 aliphatic heterocycles. The molecule has 4 heteroatoms. The van der Waals surface area contributed by atoms with Crippen molar-refractivity contribution < 1.29 is 14.3 Å². The van der Waals surface area contributed by atoms with Crippen LogP contribution in [0.4, 0.5) is 4.79 Å². The van der Waals surface area contributed by atoms with Crippen LogP contribution in [-0.2, 0) is 9.53 Å². The van der Waals surface area contributed by atoms with Crippen LogP contribution in [0.2, 0.25) is 0 Å². The molecule has 0 saturated carbocycles. The summed E-state index contributed by atoms with van der Waals surface area (Å²) < 4.78 is 5.03. The van der Waals surface area contributed by atoms with E-state index < -0.39 is 12.0 Å². The van der Waals surface area contributed by atoms with Crippen LogP contribution >= 0.6 is 0 Å². The van der Waals surface area contributed by atoms with Crippen molar-refractivity contribution in [1.82, 2.24) is 4.90 Å². The molecule has 0 aliphatic carbocycles. The molecule has 2 atom stereocenters. The summed E-state index contributed by atoms with van der Waals surface area (Å²) in [6.45, 7) is 3.77. The van der Waals surface area contributed by atoms with E-state index in [1.54, 1.807) is 19.1 Å². The van der Waals surface area contributed by atoms with Gasteiger partial charge in [0.05, 0.1) is 5.92 Å². The van der Waals surface area contributed by atoms with E-state index in [4.69, 9.17) is 4.74 Å². The number of cyclic esters (lactones) is 1. The van der Waals surface area contributed by atoms with Crippen LogP contribution in [0.25, 0.3) is 0 Å². The van der Waals surface area contributed by atoms with Gasteiger partial charge in [0.1, 0.15) is 12.6 Å². The Kier molecular flexibility index (Phi) is 4.38. The summed E-state index contributed by atoms with van der Waals surface area (Å²) in [7, 11) is 0. The molecule has 0 spiro atoms. The minimum Gasteiger partial charge on any atom is -0.446 e. The van der Waals surface area contributed by atoms with Gasteiger partial charge >= 0.3 is 6.09 Å². The second-order valence-electron chi connectivity index (χ2n) is 4.62. The molecular weight excluding hydrogens is 254 g/mol. The van der Waals surface area contributed by atoms with Gasteiger partial charge in [0.15, 0.2) is 0 Å². The van der Waals surface area contributed by atoms with E-state index in [0.29, 0.717) is 0 Å². The number of benzene rings is 1. The van der Waals surface area contributed by atoms with E-state index in [9.17, 15) is 9.59 Å². The quantitative estimate of drug-likeness (QED) is 0.794. The molecule has 1 saturated heterocycles. The Bertz CT molecular complexity index is 558. The van der Waals surface area contributed by atoms with Crippen LogP contribution in [0.3, 0.4) is 0 Å².